The lowest BCUT2D eigenvalue weighted by Gasteiger charge is -2.24. The number of aromatic nitrogens is 1. The van der Waals surface area contributed by atoms with Crippen molar-refractivity contribution in [1.29, 1.82) is 0 Å². The van der Waals surface area contributed by atoms with Crippen molar-refractivity contribution < 1.29 is 8.42 Å². The number of nitrogens with two attached hydrogens (primary N) is 1. The molecule has 0 spiro atoms. The minimum Gasteiger partial charge on any atom is -0.382 e. The molecule has 5 nitrogen and oxygen atoms in total. The van der Waals surface area contributed by atoms with Crippen LogP contribution in [0.5, 0.6) is 0 Å². The summed E-state index contributed by atoms with van der Waals surface area (Å²) in [5.41, 5.74) is 5.68. The zero-order valence-electron chi connectivity index (χ0n) is 10.0. The predicted molar refractivity (Wildman–Crippen MR) is 70.3 cm³/mol. The van der Waals surface area contributed by atoms with Crippen molar-refractivity contribution in [3.63, 3.8) is 0 Å². The summed E-state index contributed by atoms with van der Waals surface area (Å²) >= 11 is 1.19. The normalized spacial score (nSPS) is 21.1. The average molecular weight is 275 g/mol. The molecule has 0 radical (unpaired) electrons. The van der Waals surface area contributed by atoms with Crippen molar-refractivity contribution >= 4 is 32.2 Å². The van der Waals surface area contributed by atoms with Crippen LogP contribution in [-0.2, 0) is 9.84 Å². The van der Waals surface area contributed by atoms with Gasteiger partial charge in [0, 0.05) is 18.8 Å². The summed E-state index contributed by atoms with van der Waals surface area (Å²) in [7, 11) is -3.31. The number of hydrogen-bond acceptors (Lipinski definition) is 6. The molecule has 1 saturated heterocycles. The average Bonchev–Trinajstić information content (AvgIpc) is 2.81. The topological polar surface area (TPSA) is 76.3 Å². The molecular weight excluding hydrogens is 258 g/mol. The minimum atomic E-state index is -3.31. The highest BCUT2D eigenvalue weighted by Crippen LogP contribution is 2.38. The maximum Gasteiger partial charge on any atom is 0.182 e. The molecule has 2 heterocycles. The molecular formula is C10H17N3O2S2. The van der Waals surface area contributed by atoms with Crippen LogP contribution in [0.15, 0.2) is 4.90 Å². The molecule has 1 aliphatic heterocycles. The fraction of sp³-hybridized carbons (Fsp3) is 0.700. The Morgan fingerprint density at radius 2 is 2.29 bits per heavy atom. The van der Waals surface area contributed by atoms with Gasteiger partial charge >= 0.3 is 0 Å². The summed E-state index contributed by atoms with van der Waals surface area (Å²) in [6, 6.07) is 0.412. The Hall–Kier alpha value is -0.820. The molecule has 1 fully saturated rings. The van der Waals surface area contributed by atoms with Gasteiger partial charge in [0.05, 0.1) is 0 Å². The lowest BCUT2D eigenvalue weighted by atomic mass is 10.2. The Labute approximate surface area is 106 Å². The molecule has 2 rings (SSSR count). The van der Waals surface area contributed by atoms with Gasteiger partial charge in [0.25, 0.3) is 0 Å². The quantitative estimate of drug-likeness (QED) is 0.905. The van der Waals surface area contributed by atoms with Gasteiger partial charge < -0.3 is 10.6 Å². The zero-order valence-corrected chi connectivity index (χ0v) is 11.6. The third-order valence-electron chi connectivity index (χ3n) is 3.14. The molecule has 0 amide bonds. The Morgan fingerprint density at radius 1 is 1.59 bits per heavy atom. The Balaban J connectivity index is 2.46. The highest BCUT2D eigenvalue weighted by Gasteiger charge is 2.31. The van der Waals surface area contributed by atoms with Gasteiger partial charge in [-0.1, -0.05) is 6.92 Å². The maximum absolute atomic E-state index is 11.7. The van der Waals surface area contributed by atoms with E-state index in [2.05, 4.69) is 16.2 Å². The van der Waals surface area contributed by atoms with E-state index in [4.69, 9.17) is 5.73 Å². The number of rotatable bonds is 3. The first kappa shape index (κ1) is 12.6. The standard InChI is InChI=1S/C10H17N3O2S2/c1-3-7-5-4-6-13(7)10-8(17(2,14)15)9(11)12-16-10/h7H,3-6H2,1-2H3,(H2,11,12). The van der Waals surface area contributed by atoms with E-state index in [0.717, 1.165) is 25.8 Å². The van der Waals surface area contributed by atoms with Crippen LogP contribution in [0.2, 0.25) is 0 Å². The molecule has 7 heteroatoms. The van der Waals surface area contributed by atoms with Gasteiger partial charge in [-0.25, -0.2) is 8.42 Å². The second kappa shape index (κ2) is 4.45. The molecule has 0 saturated carbocycles. The van der Waals surface area contributed by atoms with Crippen molar-refractivity contribution in [3.05, 3.63) is 0 Å². The van der Waals surface area contributed by atoms with E-state index in [1.165, 1.54) is 17.8 Å². The van der Waals surface area contributed by atoms with E-state index in [-0.39, 0.29) is 10.7 Å². The number of nitrogen functional groups attached to an aromatic ring is 1. The largest absolute Gasteiger partial charge is 0.382 e. The van der Waals surface area contributed by atoms with Gasteiger partial charge in [-0.2, -0.15) is 4.37 Å². The second-order valence-corrected chi connectivity index (χ2v) is 7.08. The Bertz CT molecular complexity index is 510. The molecule has 1 aromatic rings. The highest BCUT2D eigenvalue weighted by molar-refractivity contribution is 7.91. The van der Waals surface area contributed by atoms with E-state index >= 15 is 0 Å². The summed E-state index contributed by atoms with van der Waals surface area (Å²) in [6.07, 6.45) is 4.41. The van der Waals surface area contributed by atoms with Gasteiger partial charge in [0.1, 0.15) is 9.90 Å². The van der Waals surface area contributed by atoms with Crippen LogP contribution in [-0.4, -0.2) is 31.6 Å². The van der Waals surface area contributed by atoms with Crippen LogP contribution in [0.25, 0.3) is 0 Å². The molecule has 2 N–H and O–H groups in total. The molecule has 0 bridgehead atoms. The van der Waals surface area contributed by atoms with E-state index in [9.17, 15) is 8.42 Å². The lowest BCUT2D eigenvalue weighted by molar-refractivity contribution is 0.600. The Morgan fingerprint density at radius 3 is 2.88 bits per heavy atom. The van der Waals surface area contributed by atoms with Gasteiger partial charge in [0.2, 0.25) is 0 Å². The van der Waals surface area contributed by atoms with Crippen molar-refractivity contribution in [2.24, 2.45) is 0 Å². The third-order valence-corrected chi connectivity index (χ3v) is 5.31. The number of anilines is 2. The molecule has 0 aliphatic carbocycles. The molecule has 0 aromatic carbocycles. The van der Waals surface area contributed by atoms with Crippen LogP contribution in [0.4, 0.5) is 10.8 Å². The van der Waals surface area contributed by atoms with Crippen molar-refractivity contribution in [1.82, 2.24) is 4.37 Å². The fourth-order valence-electron chi connectivity index (χ4n) is 2.34. The molecule has 1 atom stereocenters. The van der Waals surface area contributed by atoms with Crippen LogP contribution in [0.3, 0.4) is 0 Å². The molecule has 1 aliphatic rings. The van der Waals surface area contributed by atoms with Crippen LogP contribution in [0, 0.1) is 0 Å². The number of hydrogen-bond donors (Lipinski definition) is 1. The van der Waals surface area contributed by atoms with Crippen LogP contribution >= 0.6 is 11.5 Å². The van der Waals surface area contributed by atoms with Crippen molar-refractivity contribution in [2.75, 3.05) is 23.4 Å². The molecule has 1 unspecified atom stereocenters. The summed E-state index contributed by atoms with van der Waals surface area (Å²) in [5, 5.41) is 0.717. The van der Waals surface area contributed by atoms with Gasteiger partial charge in [-0.3, -0.25) is 0 Å². The van der Waals surface area contributed by atoms with Gasteiger partial charge in [0.15, 0.2) is 15.7 Å². The third kappa shape index (κ3) is 2.26. The van der Waals surface area contributed by atoms with Crippen LogP contribution in [0.1, 0.15) is 26.2 Å². The Kier molecular flexibility index (Phi) is 3.31. The lowest BCUT2D eigenvalue weighted by Crippen LogP contribution is -2.28. The van der Waals surface area contributed by atoms with E-state index in [0.29, 0.717) is 11.0 Å². The van der Waals surface area contributed by atoms with Crippen molar-refractivity contribution in [3.8, 4) is 0 Å². The molecule has 1 aromatic heterocycles. The maximum atomic E-state index is 11.7. The summed E-state index contributed by atoms with van der Waals surface area (Å²) < 4.78 is 27.5. The molecule has 96 valence electrons. The first-order chi connectivity index (χ1) is 7.95. The summed E-state index contributed by atoms with van der Waals surface area (Å²) in [5.74, 6) is 0.134. The van der Waals surface area contributed by atoms with Crippen LogP contribution < -0.4 is 10.6 Å². The summed E-state index contributed by atoms with van der Waals surface area (Å²) in [4.78, 5) is 2.35. The number of nitrogens with zero attached hydrogens (tertiary/aromatic N) is 2. The fourth-order valence-corrected chi connectivity index (χ4v) is 4.64. The monoisotopic (exact) mass is 275 g/mol. The zero-order chi connectivity index (χ0) is 12.6. The van der Waals surface area contributed by atoms with E-state index in [1.807, 2.05) is 0 Å². The smallest absolute Gasteiger partial charge is 0.182 e. The molecule has 17 heavy (non-hydrogen) atoms. The van der Waals surface area contributed by atoms with Gasteiger partial charge in [-0.05, 0) is 30.8 Å². The predicted octanol–water partition coefficient (Wildman–Crippen LogP) is 1.51. The van der Waals surface area contributed by atoms with Gasteiger partial charge in [-0.15, -0.1) is 0 Å². The van der Waals surface area contributed by atoms with Crippen molar-refractivity contribution in [2.45, 2.75) is 37.1 Å². The SMILES string of the molecule is CCC1CCCN1c1snc(N)c1S(C)(=O)=O. The number of sulfone groups is 1. The summed E-state index contributed by atoms with van der Waals surface area (Å²) in [6.45, 7) is 3.01. The minimum absolute atomic E-state index is 0.134. The van der Waals surface area contributed by atoms with E-state index in [1.54, 1.807) is 0 Å². The van der Waals surface area contributed by atoms with E-state index < -0.39 is 9.84 Å². The second-order valence-electron chi connectivity index (χ2n) is 4.37. The highest BCUT2D eigenvalue weighted by atomic mass is 32.2. The first-order valence-electron chi connectivity index (χ1n) is 5.67. The first-order valence-corrected chi connectivity index (χ1v) is 8.33.